The van der Waals surface area contributed by atoms with Gasteiger partial charge in [0.15, 0.2) is 0 Å². The number of carbonyl (C=O) groups is 1. The van der Waals surface area contributed by atoms with Gasteiger partial charge in [0.05, 0.1) is 0 Å². The lowest BCUT2D eigenvalue weighted by molar-refractivity contribution is 0.247. The van der Waals surface area contributed by atoms with Gasteiger partial charge < -0.3 is 10.4 Å². The predicted molar refractivity (Wildman–Crippen MR) is 60.2 cm³/mol. The molecule has 0 atom stereocenters. The van der Waals surface area contributed by atoms with Crippen LogP contribution in [0.15, 0.2) is 24.3 Å². The number of phenolic OH excluding ortho intramolecular Hbond substituents is 1. The first-order valence-electron chi connectivity index (χ1n) is 4.95. The number of hydrogen-bond donors (Lipinski definition) is 2. The lowest BCUT2D eigenvalue weighted by Gasteiger charge is -2.17. The molecular formula is C11H16N2O2. The second kappa shape index (κ2) is 5.24. The molecule has 0 fully saturated rings. The Morgan fingerprint density at radius 3 is 2.53 bits per heavy atom. The summed E-state index contributed by atoms with van der Waals surface area (Å²) in [5.74, 6) is 0.195. The highest BCUT2D eigenvalue weighted by molar-refractivity contribution is 5.91. The van der Waals surface area contributed by atoms with Crippen molar-refractivity contribution in [2.45, 2.75) is 13.3 Å². The highest BCUT2D eigenvalue weighted by atomic mass is 16.3. The second-order valence-corrected chi connectivity index (χ2v) is 3.31. The number of nitrogens with zero attached hydrogens (tertiary/aromatic N) is 1. The SMILES string of the molecule is CCCNC(=O)N(C)c1ccc(O)cc1. The predicted octanol–water partition coefficient (Wildman–Crippen LogP) is 1.95. The van der Waals surface area contributed by atoms with Crippen LogP contribution in [0.5, 0.6) is 5.75 Å². The van der Waals surface area contributed by atoms with Gasteiger partial charge in [-0.25, -0.2) is 4.79 Å². The largest absolute Gasteiger partial charge is 0.508 e. The number of aromatic hydroxyl groups is 1. The van der Waals surface area contributed by atoms with Gasteiger partial charge in [0.25, 0.3) is 0 Å². The van der Waals surface area contributed by atoms with E-state index in [1.54, 1.807) is 31.3 Å². The quantitative estimate of drug-likeness (QED) is 0.797. The van der Waals surface area contributed by atoms with Crippen molar-refractivity contribution in [3.63, 3.8) is 0 Å². The van der Waals surface area contributed by atoms with Gasteiger partial charge in [-0.2, -0.15) is 0 Å². The monoisotopic (exact) mass is 208 g/mol. The van der Waals surface area contributed by atoms with E-state index in [1.807, 2.05) is 6.92 Å². The summed E-state index contributed by atoms with van der Waals surface area (Å²) in [6.45, 7) is 2.67. The van der Waals surface area contributed by atoms with Crippen molar-refractivity contribution in [1.82, 2.24) is 5.32 Å². The molecule has 1 aromatic carbocycles. The van der Waals surface area contributed by atoms with E-state index in [1.165, 1.54) is 4.90 Å². The molecule has 0 aliphatic heterocycles. The molecule has 0 bridgehead atoms. The van der Waals surface area contributed by atoms with Crippen molar-refractivity contribution in [1.29, 1.82) is 0 Å². The Bertz CT molecular complexity index is 322. The van der Waals surface area contributed by atoms with Gasteiger partial charge in [-0.05, 0) is 30.7 Å². The minimum atomic E-state index is -0.137. The van der Waals surface area contributed by atoms with Gasteiger partial charge in [-0.3, -0.25) is 4.90 Å². The van der Waals surface area contributed by atoms with Crippen LogP contribution in [-0.4, -0.2) is 24.7 Å². The first-order chi connectivity index (χ1) is 7.15. The molecule has 0 heterocycles. The Morgan fingerprint density at radius 1 is 1.40 bits per heavy atom. The molecule has 0 aliphatic carbocycles. The van der Waals surface area contributed by atoms with E-state index in [0.29, 0.717) is 6.54 Å². The van der Waals surface area contributed by atoms with Crippen molar-refractivity contribution in [2.24, 2.45) is 0 Å². The normalized spacial score (nSPS) is 9.73. The fourth-order valence-electron chi connectivity index (χ4n) is 1.14. The zero-order valence-corrected chi connectivity index (χ0v) is 9.03. The standard InChI is InChI=1S/C11H16N2O2/c1-3-8-12-11(15)13(2)9-4-6-10(14)7-5-9/h4-7,14H,3,8H2,1-2H3,(H,12,15). The van der Waals surface area contributed by atoms with Crippen LogP contribution in [0.4, 0.5) is 10.5 Å². The van der Waals surface area contributed by atoms with Crippen LogP contribution in [-0.2, 0) is 0 Å². The summed E-state index contributed by atoms with van der Waals surface area (Å²) in [7, 11) is 1.69. The van der Waals surface area contributed by atoms with E-state index >= 15 is 0 Å². The van der Waals surface area contributed by atoms with E-state index in [-0.39, 0.29) is 11.8 Å². The second-order valence-electron chi connectivity index (χ2n) is 3.31. The maximum Gasteiger partial charge on any atom is 0.321 e. The van der Waals surface area contributed by atoms with Gasteiger partial charge in [0.1, 0.15) is 5.75 Å². The third-order valence-electron chi connectivity index (χ3n) is 2.07. The third kappa shape index (κ3) is 3.16. The Kier molecular flexibility index (Phi) is 3.97. The molecule has 4 nitrogen and oxygen atoms in total. The van der Waals surface area contributed by atoms with Gasteiger partial charge in [-0.1, -0.05) is 6.92 Å². The summed E-state index contributed by atoms with van der Waals surface area (Å²) in [6.07, 6.45) is 0.912. The molecule has 82 valence electrons. The summed E-state index contributed by atoms with van der Waals surface area (Å²) < 4.78 is 0. The number of anilines is 1. The Morgan fingerprint density at radius 2 is 2.00 bits per heavy atom. The molecule has 0 aromatic heterocycles. The van der Waals surface area contributed by atoms with Crippen LogP contribution >= 0.6 is 0 Å². The lowest BCUT2D eigenvalue weighted by atomic mass is 10.3. The van der Waals surface area contributed by atoms with Crippen molar-refractivity contribution in [2.75, 3.05) is 18.5 Å². The molecule has 2 amide bonds. The average molecular weight is 208 g/mol. The molecule has 0 radical (unpaired) electrons. The minimum absolute atomic E-state index is 0.137. The Labute approximate surface area is 89.5 Å². The molecule has 1 rings (SSSR count). The Balaban J connectivity index is 2.63. The average Bonchev–Trinajstić information content (AvgIpc) is 2.26. The summed E-state index contributed by atoms with van der Waals surface area (Å²) >= 11 is 0. The van der Waals surface area contributed by atoms with Crippen LogP contribution in [0.3, 0.4) is 0 Å². The fraction of sp³-hybridized carbons (Fsp3) is 0.364. The minimum Gasteiger partial charge on any atom is -0.508 e. The molecule has 4 heteroatoms. The molecule has 0 unspecified atom stereocenters. The number of urea groups is 1. The Hall–Kier alpha value is -1.71. The zero-order chi connectivity index (χ0) is 11.3. The van der Waals surface area contributed by atoms with Crippen LogP contribution in [0.1, 0.15) is 13.3 Å². The van der Waals surface area contributed by atoms with Crippen LogP contribution in [0.25, 0.3) is 0 Å². The smallest absolute Gasteiger partial charge is 0.321 e. The molecule has 0 saturated carbocycles. The lowest BCUT2D eigenvalue weighted by Crippen LogP contribution is -2.37. The molecule has 0 aliphatic rings. The highest BCUT2D eigenvalue weighted by Crippen LogP contribution is 2.16. The molecule has 2 N–H and O–H groups in total. The summed E-state index contributed by atoms with van der Waals surface area (Å²) in [4.78, 5) is 13.0. The van der Waals surface area contributed by atoms with E-state index in [4.69, 9.17) is 5.11 Å². The van der Waals surface area contributed by atoms with Crippen molar-refractivity contribution in [3.05, 3.63) is 24.3 Å². The van der Waals surface area contributed by atoms with Gasteiger partial charge in [-0.15, -0.1) is 0 Å². The number of carbonyl (C=O) groups excluding carboxylic acids is 1. The van der Waals surface area contributed by atoms with Crippen molar-refractivity contribution in [3.8, 4) is 5.75 Å². The van der Waals surface area contributed by atoms with E-state index < -0.39 is 0 Å². The number of phenols is 1. The van der Waals surface area contributed by atoms with Crippen LogP contribution in [0.2, 0.25) is 0 Å². The number of rotatable bonds is 3. The maximum absolute atomic E-state index is 11.5. The van der Waals surface area contributed by atoms with Gasteiger partial charge in [0.2, 0.25) is 0 Å². The molecule has 15 heavy (non-hydrogen) atoms. The number of nitrogens with one attached hydrogen (secondary N) is 1. The maximum atomic E-state index is 11.5. The van der Waals surface area contributed by atoms with E-state index in [0.717, 1.165) is 12.1 Å². The summed E-state index contributed by atoms with van der Waals surface area (Å²) in [5.41, 5.74) is 0.751. The molecule has 0 spiro atoms. The van der Waals surface area contributed by atoms with Crippen molar-refractivity contribution < 1.29 is 9.90 Å². The van der Waals surface area contributed by atoms with Crippen molar-refractivity contribution >= 4 is 11.7 Å². The van der Waals surface area contributed by atoms with Crippen LogP contribution < -0.4 is 10.2 Å². The number of hydrogen-bond acceptors (Lipinski definition) is 2. The zero-order valence-electron chi connectivity index (χ0n) is 9.03. The summed E-state index contributed by atoms with van der Waals surface area (Å²) in [6, 6.07) is 6.36. The van der Waals surface area contributed by atoms with Gasteiger partial charge in [0, 0.05) is 19.3 Å². The summed E-state index contributed by atoms with van der Waals surface area (Å²) in [5, 5.41) is 11.9. The third-order valence-corrected chi connectivity index (χ3v) is 2.07. The van der Waals surface area contributed by atoms with Crippen LogP contribution in [0, 0.1) is 0 Å². The fourth-order valence-corrected chi connectivity index (χ4v) is 1.14. The molecular weight excluding hydrogens is 192 g/mol. The molecule has 0 saturated heterocycles. The number of benzene rings is 1. The van der Waals surface area contributed by atoms with E-state index in [2.05, 4.69) is 5.32 Å². The topological polar surface area (TPSA) is 52.6 Å². The first-order valence-corrected chi connectivity index (χ1v) is 4.95. The van der Waals surface area contributed by atoms with E-state index in [9.17, 15) is 4.79 Å². The van der Waals surface area contributed by atoms with Gasteiger partial charge >= 0.3 is 6.03 Å². The number of amides is 2. The first kappa shape index (κ1) is 11.4. The molecule has 1 aromatic rings. The highest BCUT2D eigenvalue weighted by Gasteiger charge is 2.08.